The van der Waals surface area contributed by atoms with Crippen LogP contribution in [0.5, 0.6) is 0 Å². The number of hydrogen-bond acceptors (Lipinski definition) is 1. The molecule has 0 radical (unpaired) electrons. The first-order chi connectivity index (χ1) is 5.68. The lowest BCUT2D eigenvalue weighted by Gasteiger charge is -2.18. The molecule has 1 atom stereocenters. The van der Waals surface area contributed by atoms with E-state index in [1.54, 1.807) is 0 Å². The van der Waals surface area contributed by atoms with Gasteiger partial charge in [0.1, 0.15) is 0 Å². The minimum Gasteiger partial charge on any atom is -0.370 e. The molecule has 0 saturated heterocycles. The quantitative estimate of drug-likeness (QED) is 0.573. The molecule has 1 nitrogen and oxygen atoms in total. The number of hydrogen-bond donors (Lipinski definition) is 0. The van der Waals surface area contributed by atoms with E-state index in [1.807, 2.05) is 0 Å². The van der Waals surface area contributed by atoms with Gasteiger partial charge >= 0.3 is 0 Å². The van der Waals surface area contributed by atoms with Crippen LogP contribution in [0.2, 0.25) is 0 Å². The summed E-state index contributed by atoms with van der Waals surface area (Å²) in [5, 5.41) is 0. The molecular weight excluding hydrogens is 148 g/mol. The molecule has 1 aliphatic heterocycles. The van der Waals surface area contributed by atoms with Gasteiger partial charge in [-0.15, -0.1) is 0 Å². The molecule has 1 aliphatic rings. The molecule has 12 heavy (non-hydrogen) atoms. The van der Waals surface area contributed by atoms with E-state index in [4.69, 9.17) is 4.74 Å². The third-order valence-electron chi connectivity index (χ3n) is 1.98. The number of allylic oxidation sites excluding steroid dienone is 1. The van der Waals surface area contributed by atoms with Crippen LogP contribution in [0.1, 0.15) is 27.2 Å². The van der Waals surface area contributed by atoms with Crippen molar-refractivity contribution >= 4 is 0 Å². The van der Waals surface area contributed by atoms with E-state index in [0.717, 1.165) is 13.0 Å². The molecule has 1 heteroatoms. The van der Waals surface area contributed by atoms with Gasteiger partial charge < -0.3 is 4.74 Å². The molecule has 0 aromatic heterocycles. The highest BCUT2D eigenvalue weighted by molar-refractivity contribution is 5.07. The molecule has 0 spiro atoms. The summed E-state index contributed by atoms with van der Waals surface area (Å²) >= 11 is 0. The van der Waals surface area contributed by atoms with Gasteiger partial charge in [-0.1, -0.05) is 37.6 Å². The molecule has 0 unspecified atom stereocenters. The first-order valence-corrected chi connectivity index (χ1v) is 4.64. The third kappa shape index (κ3) is 3.22. The third-order valence-corrected chi connectivity index (χ3v) is 1.98. The highest BCUT2D eigenvalue weighted by Gasteiger charge is 2.09. The smallest absolute Gasteiger partial charge is 0.0797 e. The van der Waals surface area contributed by atoms with Crippen LogP contribution in [0, 0.1) is 5.92 Å². The monoisotopic (exact) mass is 166 g/mol. The Kier molecular flexibility index (Phi) is 3.54. The van der Waals surface area contributed by atoms with Crippen LogP contribution < -0.4 is 0 Å². The SMILES string of the molecule is CC1=CCO[C@H](/C=C/C(C)C)C1. The van der Waals surface area contributed by atoms with Gasteiger partial charge in [-0.25, -0.2) is 0 Å². The molecule has 0 aromatic rings. The Hall–Kier alpha value is -0.560. The molecule has 0 aromatic carbocycles. The Morgan fingerprint density at radius 1 is 1.58 bits per heavy atom. The van der Waals surface area contributed by atoms with Gasteiger partial charge in [0.2, 0.25) is 0 Å². The fourth-order valence-corrected chi connectivity index (χ4v) is 1.24. The first kappa shape index (κ1) is 9.53. The highest BCUT2D eigenvalue weighted by Crippen LogP contribution is 2.15. The maximum absolute atomic E-state index is 5.54. The van der Waals surface area contributed by atoms with E-state index < -0.39 is 0 Å². The Morgan fingerprint density at radius 2 is 2.33 bits per heavy atom. The summed E-state index contributed by atoms with van der Waals surface area (Å²) in [4.78, 5) is 0. The van der Waals surface area contributed by atoms with Crippen molar-refractivity contribution in [1.29, 1.82) is 0 Å². The predicted molar refractivity (Wildman–Crippen MR) is 52.1 cm³/mol. The molecule has 0 N–H and O–H groups in total. The zero-order chi connectivity index (χ0) is 8.97. The van der Waals surface area contributed by atoms with Crippen LogP contribution in [-0.2, 0) is 4.74 Å². The highest BCUT2D eigenvalue weighted by atomic mass is 16.5. The van der Waals surface area contributed by atoms with Crippen molar-refractivity contribution in [2.45, 2.75) is 33.3 Å². The van der Waals surface area contributed by atoms with Gasteiger partial charge in [0.15, 0.2) is 0 Å². The van der Waals surface area contributed by atoms with Crippen molar-refractivity contribution in [3.63, 3.8) is 0 Å². The number of ether oxygens (including phenoxy) is 1. The van der Waals surface area contributed by atoms with Crippen LogP contribution >= 0.6 is 0 Å². The van der Waals surface area contributed by atoms with E-state index in [0.29, 0.717) is 12.0 Å². The van der Waals surface area contributed by atoms with E-state index in [-0.39, 0.29) is 0 Å². The lowest BCUT2D eigenvalue weighted by Crippen LogP contribution is -2.15. The van der Waals surface area contributed by atoms with E-state index >= 15 is 0 Å². The molecular formula is C11H18O. The Bertz CT molecular complexity index is 189. The first-order valence-electron chi connectivity index (χ1n) is 4.64. The predicted octanol–water partition coefficient (Wildman–Crippen LogP) is 2.93. The fraction of sp³-hybridized carbons (Fsp3) is 0.636. The topological polar surface area (TPSA) is 9.23 Å². The molecule has 0 fully saturated rings. The van der Waals surface area contributed by atoms with Crippen LogP contribution in [0.15, 0.2) is 23.8 Å². The average molecular weight is 166 g/mol. The van der Waals surface area contributed by atoms with Gasteiger partial charge in [-0.2, -0.15) is 0 Å². The van der Waals surface area contributed by atoms with Crippen molar-refractivity contribution < 1.29 is 4.74 Å². The van der Waals surface area contributed by atoms with Gasteiger partial charge in [0.05, 0.1) is 12.7 Å². The lowest BCUT2D eigenvalue weighted by atomic mass is 10.1. The van der Waals surface area contributed by atoms with Crippen LogP contribution in [0.3, 0.4) is 0 Å². The van der Waals surface area contributed by atoms with Crippen molar-refractivity contribution in [2.75, 3.05) is 6.61 Å². The van der Waals surface area contributed by atoms with Crippen LogP contribution in [-0.4, -0.2) is 12.7 Å². The fourth-order valence-electron chi connectivity index (χ4n) is 1.24. The van der Waals surface area contributed by atoms with Gasteiger partial charge in [0.25, 0.3) is 0 Å². The van der Waals surface area contributed by atoms with E-state index in [2.05, 4.69) is 39.0 Å². The van der Waals surface area contributed by atoms with Crippen LogP contribution in [0.25, 0.3) is 0 Å². The maximum atomic E-state index is 5.54. The van der Waals surface area contributed by atoms with Crippen molar-refractivity contribution in [2.24, 2.45) is 5.92 Å². The molecule has 0 aliphatic carbocycles. The van der Waals surface area contributed by atoms with E-state index in [1.165, 1.54) is 5.57 Å². The summed E-state index contributed by atoms with van der Waals surface area (Å²) in [5.41, 5.74) is 1.44. The van der Waals surface area contributed by atoms with Crippen molar-refractivity contribution in [3.8, 4) is 0 Å². The van der Waals surface area contributed by atoms with Crippen molar-refractivity contribution in [3.05, 3.63) is 23.8 Å². The summed E-state index contributed by atoms with van der Waals surface area (Å²) in [6.45, 7) is 7.31. The summed E-state index contributed by atoms with van der Waals surface area (Å²) in [7, 11) is 0. The number of rotatable bonds is 2. The van der Waals surface area contributed by atoms with Crippen LogP contribution in [0.4, 0.5) is 0 Å². The summed E-state index contributed by atoms with van der Waals surface area (Å²) < 4.78 is 5.54. The molecule has 68 valence electrons. The lowest BCUT2D eigenvalue weighted by molar-refractivity contribution is 0.0985. The molecule has 0 bridgehead atoms. The second-order valence-corrected chi connectivity index (χ2v) is 3.76. The van der Waals surface area contributed by atoms with E-state index in [9.17, 15) is 0 Å². The molecule has 1 heterocycles. The zero-order valence-corrected chi connectivity index (χ0v) is 8.21. The minimum absolute atomic E-state index is 0.317. The standard InChI is InChI=1S/C11H18O/c1-9(2)4-5-11-8-10(3)6-7-12-11/h4-6,9,11H,7-8H2,1-3H3/b5-4+/t11-/m1/s1. The average Bonchev–Trinajstić information content (AvgIpc) is 2.01. The molecule has 0 amide bonds. The molecule has 0 saturated carbocycles. The minimum atomic E-state index is 0.317. The Labute approximate surface area is 75.1 Å². The Balaban J connectivity index is 2.40. The summed E-state index contributed by atoms with van der Waals surface area (Å²) in [6, 6.07) is 0. The maximum Gasteiger partial charge on any atom is 0.0797 e. The normalized spacial score (nSPS) is 25.0. The second kappa shape index (κ2) is 4.46. The van der Waals surface area contributed by atoms with Gasteiger partial charge in [0, 0.05) is 0 Å². The van der Waals surface area contributed by atoms with Gasteiger partial charge in [-0.05, 0) is 19.3 Å². The summed E-state index contributed by atoms with van der Waals surface area (Å²) in [6.07, 6.45) is 7.92. The van der Waals surface area contributed by atoms with Crippen molar-refractivity contribution in [1.82, 2.24) is 0 Å². The zero-order valence-electron chi connectivity index (χ0n) is 8.21. The van der Waals surface area contributed by atoms with Gasteiger partial charge in [-0.3, -0.25) is 0 Å². The Morgan fingerprint density at radius 3 is 2.92 bits per heavy atom. The summed E-state index contributed by atoms with van der Waals surface area (Å²) in [5.74, 6) is 0.625. The largest absolute Gasteiger partial charge is 0.370 e. The second-order valence-electron chi connectivity index (χ2n) is 3.76. The molecule has 1 rings (SSSR count).